The molecule has 0 aliphatic rings. The maximum absolute atomic E-state index is 5.42. The SMILES string of the molecule is C#C[C@H](C)OCCOCc1ccccc1. The first kappa shape index (κ1) is 11.8. The highest BCUT2D eigenvalue weighted by Crippen LogP contribution is 2.00. The van der Waals surface area contributed by atoms with Crippen molar-refractivity contribution in [2.45, 2.75) is 19.6 Å². The van der Waals surface area contributed by atoms with Gasteiger partial charge in [0, 0.05) is 0 Å². The summed E-state index contributed by atoms with van der Waals surface area (Å²) in [7, 11) is 0. The summed E-state index contributed by atoms with van der Waals surface area (Å²) in [4.78, 5) is 0. The van der Waals surface area contributed by atoms with Crippen LogP contribution in [0, 0.1) is 12.3 Å². The van der Waals surface area contributed by atoms with Gasteiger partial charge in [-0.25, -0.2) is 0 Å². The summed E-state index contributed by atoms with van der Waals surface area (Å²) in [6.07, 6.45) is 5.03. The predicted octanol–water partition coefficient (Wildman–Crippen LogP) is 2.24. The Hall–Kier alpha value is -1.30. The van der Waals surface area contributed by atoms with Gasteiger partial charge in [0.05, 0.1) is 19.8 Å². The van der Waals surface area contributed by atoms with E-state index in [9.17, 15) is 0 Å². The third kappa shape index (κ3) is 5.21. The van der Waals surface area contributed by atoms with Crippen LogP contribution in [-0.4, -0.2) is 19.3 Å². The lowest BCUT2D eigenvalue weighted by molar-refractivity contribution is 0.0266. The van der Waals surface area contributed by atoms with E-state index >= 15 is 0 Å². The van der Waals surface area contributed by atoms with Crippen molar-refractivity contribution in [2.24, 2.45) is 0 Å². The first-order chi connectivity index (χ1) is 7.33. The van der Waals surface area contributed by atoms with Crippen molar-refractivity contribution in [3.8, 4) is 12.3 Å². The number of hydrogen-bond donors (Lipinski definition) is 0. The molecule has 2 nitrogen and oxygen atoms in total. The second-order valence-electron chi connectivity index (χ2n) is 3.22. The van der Waals surface area contributed by atoms with Gasteiger partial charge in [-0.3, -0.25) is 0 Å². The van der Waals surface area contributed by atoms with Crippen molar-refractivity contribution in [3.63, 3.8) is 0 Å². The highest BCUT2D eigenvalue weighted by Gasteiger charge is 1.96. The lowest BCUT2D eigenvalue weighted by Gasteiger charge is -2.07. The maximum atomic E-state index is 5.42. The van der Waals surface area contributed by atoms with E-state index in [1.807, 2.05) is 37.3 Å². The molecule has 0 amide bonds. The Kier molecular flexibility index (Phi) is 5.54. The van der Waals surface area contributed by atoms with Crippen molar-refractivity contribution < 1.29 is 9.47 Å². The molecule has 0 N–H and O–H groups in total. The molecular weight excluding hydrogens is 188 g/mol. The van der Waals surface area contributed by atoms with Gasteiger partial charge in [0.25, 0.3) is 0 Å². The van der Waals surface area contributed by atoms with Crippen LogP contribution in [0.4, 0.5) is 0 Å². The van der Waals surface area contributed by atoms with Gasteiger partial charge >= 0.3 is 0 Å². The number of benzene rings is 1. The van der Waals surface area contributed by atoms with E-state index in [1.165, 1.54) is 5.56 Å². The number of terminal acetylenes is 1. The van der Waals surface area contributed by atoms with Crippen molar-refractivity contribution in [1.82, 2.24) is 0 Å². The van der Waals surface area contributed by atoms with Gasteiger partial charge < -0.3 is 9.47 Å². The quantitative estimate of drug-likeness (QED) is 0.522. The average Bonchev–Trinajstić information content (AvgIpc) is 2.29. The molecule has 0 heterocycles. The van der Waals surface area contributed by atoms with Crippen molar-refractivity contribution in [2.75, 3.05) is 13.2 Å². The lowest BCUT2D eigenvalue weighted by Crippen LogP contribution is -2.10. The van der Waals surface area contributed by atoms with E-state index < -0.39 is 0 Å². The fourth-order valence-corrected chi connectivity index (χ4v) is 1.10. The van der Waals surface area contributed by atoms with Crippen molar-refractivity contribution in [1.29, 1.82) is 0 Å². The van der Waals surface area contributed by atoms with Gasteiger partial charge in [0.2, 0.25) is 0 Å². The Labute approximate surface area is 91.2 Å². The Morgan fingerprint density at radius 1 is 1.27 bits per heavy atom. The topological polar surface area (TPSA) is 18.5 Å². The van der Waals surface area contributed by atoms with Crippen LogP contribution in [-0.2, 0) is 16.1 Å². The van der Waals surface area contributed by atoms with Crippen molar-refractivity contribution in [3.05, 3.63) is 35.9 Å². The summed E-state index contributed by atoms with van der Waals surface area (Å²) in [5.74, 6) is 2.50. The van der Waals surface area contributed by atoms with Crippen LogP contribution in [0.15, 0.2) is 30.3 Å². The third-order valence-electron chi connectivity index (χ3n) is 1.94. The second-order valence-corrected chi connectivity index (χ2v) is 3.22. The summed E-state index contributed by atoms with van der Waals surface area (Å²) >= 11 is 0. The molecule has 0 aliphatic carbocycles. The van der Waals surface area contributed by atoms with Crippen LogP contribution in [0.5, 0.6) is 0 Å². The van der Waals surface area contributed by atoms with Gasteiger partial charge in [-0.1, -0.05) is 36.3 Å². The Morgan fingerprint density at radius 3 is 2.67 bits per heavy atom. The number of rotatable bonds is 6. The van der Waals surface area contributed by atoms with Crippen molar-refractivity contribution >= 4 is 0 Å². The van der Waals surface area contributed by atoms with E-state index in [1.54, 1.807) is 0 Å². The third-order valence-corrected chi connectivity index (χ3v) is 1.94. The van der Waals surface area contributed by atoms with E-state index in [0.29, 0.717) is 19.8 Å². The molecule has 0 unspecified atom stereocenters. The van der Waals surface area contributed by atoms with E-state index in [-0.39, 0.29) is 6.10 Å². The molecule has 0 aromatic heterocycles. The van der Waals surface area contributed by atoms with Gasteiger partial charge in [-0.2, -0.15) is 0 Å². The molecule has 2 heteroatoms. The summed E-state index contributed by atoms with van der Waals surface area (Å²) in [5.41, 5.74) is 1.17. The van der Waals surface area contributed by atoms with Gasteiger partial charge in [-0.15, -0.1) is 6.42 Å². The molecule has 0 fully saturated rings. The molecule has 1 aromatic rings. The van der Waals surface area contributed by atoms with Crippen LogP contribution in [0.3, 0.4) is 0 Å². The molecule has 0 saturated carbocycles. The van der Waals surface area contributed by atoms with E-state index in [4.69, 9.17) is 15.9 Å². The largest absolute Gasteiger partial charge is 0.374 e. The zero-order valence-electron chi connectivity index (χ0n) is 8.98. The molecule has 0 bridgehead atoms. The molecule has 1 atom stereocenters. The molecule has 0 radical (unpaired) electrons. The average molecular weight is 204 g/mol. The van der Waals surface area contributed by atoms with Crippen LogP contribution in [0.1, 0.15) is 12.5 Å². The predicted molar refractivity (Wildman–Crippen MR) is 60.3 cm³/mol. The zero-order valence-corrected chi connectivity index (χ0v) is 8.98. The van der Waals surface area contributed by atoms with Crippen LogP contribution in [0.2, 0.25) is 0 Å². The molecule has 0 aliphatic heterocycles. The van der Waals surface area contributed by atoms with E-state index in [2.05, 4.69) is 5.92 Å². The van der Waals surface area contributed by atoms with Crippen LogP contribution < -0.4 is 0 Å². The fourth-order valence-electron chi connectivity index (χ4n) is 1.10. The Balaban J connectivity index is 2.06. The summed E-state index contributed by atoms with van der Waals surface area (Å²) < 4.78 is 10.7. The van der Waals surface area contributed by atoms with E-state index in [0.717, 1.165) is 0 Å². The Morgan fingerprint density at radius 2 is 2.00 bits per heavy atom. The number of ether oxygens (including phenoxy) is 2. The monoisotopic (exact) mass is 204 g/mol. The minimum atomic E-state index is -0.134. The molecule has 0 spiro atoms. The molecule has 0 saturated heterocycles. The smallest absolute Gasteiger partial charge is 0.115 e. The van der Waals surface area contributed by atoms with Gasteiger partial charge in [-0.05, 0) is 12.5 Å². The second kappa shape index (κ2) is 7.05. The first-order valence-electron chi connectivity index (χ1n) is 5.02. The normalized spacial score (nSPS) is 12.0. The molecule has 80 valence electrons. The number of hydrogen-bond acceptors (Lipinski definition) is 2. The molecule has 1 rings (SSSR count). The highest BCUT2D eigenvalue weighted by molar-refractivity contribution is 5.13. The molecular formula is C13H16O2. The summed E-state index contributed by atoms with van der Waals surface area (Å²) in [6, 6.07) is 10.0. The highest BCUT2D eigenvalue weighted by atomic mass is 16.5. The minimum Gasteiger partial charge on any atom is -0.374 e. The van der Waals surface area contributed by atoms with Crippen LogP contribution in [0.25, 0.3) is 0 Å². The first-order valence-corrected chi connectivity index (χ1v) is 5.02. The summed E-state index contributed by atoms with van der Waals surface area (Å²) in [5, 5.41) is 0. The standard InChI is InChI=1S/C13H16O2/c1-3-12(2)15-10-9-14-11-13-7-5-4-6-8-13/h1,4-8,12H,9-11H2,2H3/t12-/m0/s1. The lowest BCUT2D eigenvalue weighted by atomic mass is 10.2. The zero-order chi connectivity index (χ0) is 10.9. The maximum Gasteiger partial charge on any atom is 0.115 e. The van der Waals surface area contributed by atoms with Crippen LogP contribution >= 0.6 is 0 Å². The minimum absolute atomic E-state index is 0.134. The fraction of sp³-hybridized carbons (Fsp3) is 0.385. The van der Waals surface area contributed by atoms with Gasteiger partial charge in [0.1, 0.15) is 6.10 Å². The molecule has 15 heavy (non-hydrogen) atoms. The molecule has 1 aromatic carbocycles. The Bertz CT molecular complexity index is 300. The summed E-state index contributed by atoms with van der Waals surface area (Å²) in [6.45, 7) is 3.57. The van der Waals surface area contributed by atoms with Gasteiger partial charge in [0.15, 0.2) is 0 Å².